The first-order valence-corrected chi connectivity index (χ1v) is 8.85. The highest BCUT2D eigenvalue weighted by molar-refractivity contribution is 5.48. The van der Waals surface area contributed by atoms with Crippen molar-refractivity contribution in [2.24, 2.45) is 0 Å². The first-order valence-electron chi connectivity index (χ1n) is 8.85. The molecule has 2 aliphatic rings. The Bertz CT molecular complexity index is 864. The Kier molecular flexibility index (Phi) is 3.44. The minimum atomic E-state index is 0.501. The number of likely N-dealkylation sites (N-methyl/N-ethyl adjacent to an activating group) is 1. The fourth-order valence-corrected chi connectivity index (χ4v) is 3.51. The molecule has 5 rings (SSSR count). The minimum Gasteiger partial charge on any atom is -0.364 e. The monoisotopic (exact) mass is 339 g/mol. The maximum absolute atomic E-state index is 4.90. The van der Waals surface area contributed by atoms with Crippen LogP contribution in [0.15, 0.2) is 29.0 Å². The van der Waals surface area contributed by atoms with E-state index in [9.17, 15) is 0 Å². The molecule has 1 saturated heterocycles. The second-order valence-corrected chi connectivity index (χ2v) is 7.11. The van der Waals surface area contributed by atoms with Crippen LogP contribution in [-0.4, -0.2) is 56.0 Å². The van der Waals surface area contributed by atoms with Crippen molar-refractivity contribution in [3.63, 3.8) is 0 Å². The highest BCUT2D eigenvalue weighted by Gasteiger charge is 2.32. The molecule has 25 heavy (non-hydrogen) atoms. The van der Waals surface area contributed by atoms with Crippen molar-refractivity contribution in [2.75, 3.05) is 25.0 Å². The second kappa shape index (κ2) is 5.80. The van der Waals surface area contributed by atoms with Gasteiger partial charge < -0.3 is 9.42 Å². The molecule has 3 aromatic rings. The summed E-state index contributed by atoms with van der Waals surface area (Å²) in [6.45, 7) is 2.74. The van der Waals surface area contributed by atoms with Gasteiger partial charge in [0.25, 0.3) is 0 Å². The Balaban J connectivity index is 1.28. The van der Waals surface area contributed by atoms with E-state index in [0.29, 0.717) is 12.0 Å². The molecule has 0 atom stereocenters. The summed E-state index contributed by atoms with van der Waals surface area (Å²) in [5, 5.41) is 17.4. The summed E-state index contributed by atoms with van der Waals surface area (Å²) in [4.78, 5) is 4.61. The smallest absolute Gasteiger partial charge is 0.178 e. The molecule has 0 radical (unpaired) electrons. The van der Waals surface area contributed by atoms with Gasteiger partial charge in [-0.2, -0.15) is 4.52 Å². The Morgan fingerprint density at radius 1 is 1.20 bits per heavy atom. The lowest BCUT2D eigenvalue weighted by Gasteiger charge is -2.44. The van der Waals surface area contributed by atoms with Crippen molar-refractivity contribution in [3.05, 3.63) is 36.0 Å². The lowest BCUT2D eigenvalue weighted by atomic mass is 9.85. The molecule has 4 heterocycles. The molecule has 0 amide bonds. The second-order valence-electron chi connectivity index (χ2n) is 7.11. The van der Waals surface area contributed by atoms with Crippen LogP contribution in [-0.2, 0) is 6.54 Å². The number of anilines is 1. The molecule has 0 unspecified atom stereocenters. The summed E-state index contributed by atoms with van der Waals surface area (Å²) in [6, 6.07) is 6.48. The van der Waals surface area contributed by atoms with Crippen molar-refractivity contribution in [1.82, 2.24) is 29.9 Å². The largest absolute Gasteiger partial charge is 0.364 e. The van der Waals surface area contributed by atoms with E-state index in [4.69, 9.17) is 9.62 Å². The quantitative estimate of drug-likeness (QED) is 0.700. The van der Waals surface area contributed by atoms with Crippen LogP contribution in [0.3, 0.4) is 0 Å². The molecule has 1 saturated carbocycles. The number of nitrogens with zero attached hydrogens (tertiary/aromatic N) is 7. The average molecular weight is 339 g/mol. The molecule has 1 aliphatic heterocycles. The van der Waals surface area contributed by atoms with Crippen LogP contribution >= 0.6 is 0 Å². The predicted octanol–water partition coefficient (Wildman–Crippen LogP) is 1.70. The third kappa shape index (κ3) is 2.57. The summed E-state index contributed by atoms with van der Waals surface area (Å²) in [5.41, 5.74) is 1.81. The van der Waals surface area contributed by atoms with Crippen molar-refractivity contribution < 1.29 is 4.52 Å². The van der Waals surface area contributed by atoms with E-state index in [1.54, 1.807) is 6.26 Å². The van der Waals surface area contributed by atoms with Crippen molar-refractivity contribution in [2.45, 2.75) is 37.8 Å². The molecule has 1 aliphatic carbocycles. The maximum Gasteiger partial charge on any atom is 0.178 e. The van der Waals surface area contributed by atoms with Crippen molar-refractivity contribution >= 4 is 11.5 Å². The van der Waals surface area contributed by atoms with Crippen LogP contribution in [0, 0.1) is 0 Å². The van der Waals surface area contributed by atoms with E-state index in [2.05, 4.69) is 32.2 Å². The Morgan fingerprint density at radius 2 is 2.08 bits per heavy atom. The fraction of sp³-hybridized carbons (Fsp3) is 0.529. The molecule has 130 valence electrons. The molecule has 3 aromatic heterocycles. The fourth-order valence-electron chi connectivity index (χ4n) is 3.51. The van der Waals surface area contributed by atoms with Gasteiger partial charge in [-0.25, -0.2) is 0 Å². The Hall–Kier alpha value is -2.48. The zero-order chi connectivity index (χ0) is 16.8. The highest BCUT2D eigenvalue weighted by atomic mass is 16.5. The minimum absolute atomic E-state index is 0.501. The van der Waals surface area contributed by atoms with Crippen LogP contribution in [0.1, 0.15) is 36.7 Å². The predicted molar refractivity (Wildman–Crippen MR) is 91.3 cm³/mol. The number of aromatic nitrogens is 5. The third-order valence-electron chi connectivity index (χ3n) is 5.46. The number of hydrogen-bond acceptors (Lipinski definition) is 7. The van der Waals surface area contributed by atoms with Crippen LogP contribution in [0.4, 0.5) is 5.82 Å². The van der Waals surface area contributed by atoms with Gasteiger partial charge in [-0.3, -0.25) is 4.90 Å². The molecule has 0 N–H and O–H groups in total. The van der Waals surface area contributed by atoms with E-state index in [0.717, 1.165) is 42.6 Å². The Morgan fingerprint density at radius 3 is 2.80 bits per heavy atom. The van der Waals surface area contributed by atoms with Crippen LogP contribution < -0.4 is 4.90 Å². The van der Waals surface area contributed by atoms with E-state index in [-0.39, 0.29) is 0 Å². The molecular formula is C17H21N7O. The molecular weight excluding hydrogens is 318 g/mol. The third-order valence-corrected chi connectivity index (χ3v) is 5.46. The van der Waals surface area contributed by atoms with E-state index >= 15 is 0 Å². The van der Waals surface area contributed by atoms with Gasteiger partial charge in [0, 0.05) is 37.7 Å². The van der Waals surface area contributed by atoms with Gasteiger partial charge in [0.15, 0.2) is 11.5 Å². The zero-order valence-corrected chi connectivity index (χ0v) is 14.2. The van der Waals surface area contributed by atoms with Gasteiger partial charge in [0.1, 0.15) is 12.1 Å². The molecule has 0 aromatic carbocycles. The van der Waals surface area contributed by atoms with Crippen molar-refractivity contribution in [3.8, 4) is 0 Å². The lowest BCUT2D eigenvalue weighted by molar-refractivity contribution is 0.192. The molecule has 0 bridgehead atoms. The van der Waals surface area contributed by atoms with Crippen LogP contribution in [0.25, 0.3) is 5.65 Å². The SMILES string of the molecule is CN(Cc1ccon1)C1CN(c2ccc3nnc(C4CCC4)n3n2)C1. The van der Waals surface area contributed by atoms with E-state index in [1.807, 2.05) is 22.7 Å². The molecule has 0 spiro atoms. The summed E-state index contributed by atoms with van der Waals surface area (Å²) >= 11 is 0. The van der Waals surface area contributed by atoms with E-state index < -0.39 is 0 Å². The normalized spacial score (nSPS) is 18.7. The highest BCUT2D eigenvalue weighted by Crippen LogP contribution is 2.35. The average Bonchev–Trinajstić information content (AvgIpc) is 3.14. The molecule has 2 fully saturated rings. The van der Waals surface area contributed by atoms with Gasteiger partial charge in [-0.1, -0.05) is 11.6 Å². The summed E-state index contributed by atoms with van der Waals surface area (Å²) in [5.74, 6) is 2.54. The first kappa shape index (κ1) is 14.8. The van der Waals surface area contributed by atoms with E-state index in [1.165, 1.54) is 19.3 Å². The van der Waals surface area contributed by atoms with Crippen LogP contribution in [0.5, 0.6) is 0 Å². The number of rotatable bonds is 5. The van der Waals surface area contributed by atoms with Crippen LogP contribution in [0.2, 0.25) is 0 Å². The standard InChI is InChI=1S/C17H21N7O/c1-22(9-13-7-8-25-21-13)14-10-23(11-14)16-6-5-15-18-19-17(24(15)20-16)12-3-2-4-12/h5-8,12,14H,2-4,9-11H2,1H3. The maximum atomic E-state index is 4.90. The molecule has 8 heteroatoms. The topological polar surface area (TPSA) is 75.6 Å². The van der Waals surface area contributed by atoms with Gasteiger partial charge >= 0.3 is 0 Å². The van der Waals surface area contributed by atoms with Gasteiger partial charge in [-0.05, 0) is 32.0 Å². The van der Waals surface area contributed by atoms with Gasteiger partial charge in [-0.15, -0.1) is 15.3 Å². The number of hydrogen-bond donors (Lipinski definition) is 0. The van der Waals surface area contributed by atoms with Gasteiger partial charge in [0.2, 0.25) is 0 Å². The summed E-state index contributed by atoms with van der Waals surface area (Å²) < 4.78 is 6.84. The van der Waals surface area contributed by atoms with Gasteiger partial charge in [0.05, 0.1) is 5.69 Å². The first-order chi connectivity index (χ1) is 12.3. The Labute approximate surface area is 145 Å². The zero-order valence-electron chi connectivity index (χ0n) is 14.2. The number of fused-ring (bicyclic) bond motifs is 1. The lowest BCUT2D eigenvalue weighted by Crippen LogP contribution is -2.58. The molecule has 8 nitrogen and oxygen atoms in total. The van der Waals surface area contributed by atoms with Crippen molar-refractivity contribution in [1.29, 1.82) is 0 Å². The summed E-state index contributed by atoms with van der Waals surface area (Å²) in [7, 11) is 2.13. The summed E-state index contributed by atoms with van der Waals surface area (Å²) in [6.07, 6.45) is 5.30.